The molecule has 0 spiro atoms. The van der Waals surface area contributed by atoms with E-state index in [1.807, 2.05) is 79.8 Å². The normalized spacial score (nSPS) is 13.0. The number of carbonyl (C=O) groups excluding carboxylic acids is 1. The van der Waals surface area contributed by atoms with Gasteiger partial charge in [-0.1, -0.05) is 72.3 Å². The molecular formula is C22H20ClNO2. The number of ether oxygens (including phenoxy) is 1. The highest BCUT2D eigenvalue weighted by atomic mass is 35.5. The molecule has 0 aliphatic heterocycles. The zero-order valence-corrected chi connectivity index (χ0v) is 15.2. The van der Waals surface area contributed by atoms with Crippen molar-refractivity contribution in [2.24, 2.45) is 0 Å². The molecule has 0 aliphatic carbocycles. The molecular weight excluding hydrogens is 346 g/mol. The minimum atomic E-state index is -0.717. The summed E-state index contributed by atoms with van der Waals surface area (Å²) in [4.78, 5) is 13.2. The molecule has 0 heterocycles. The van der Waals surface area contributed by atoms with Crippen molar-refractivity contribution in [3.8, 4) is 5.75 Å². The number of benzene rings is 3. The molecule has 132 valence electrons. The Hall–Kier alpha value is -2.62. The van der Waals surface area contributed by atoms with Crippen molar-refractivity contribution >= 4 is 17.4 Å². The lowest BCUT2D eigenvalue weighted by atomic mass is 9.94. The van der Waals surface area contributed by atoms with Crippen molar-refractivity contribution in [2.45, 2.75) is 12.1 Å². The number of hydrogen-bond acceptors (Lipinski definition) is 3. The third kappa shape index (κ3) is 4.31. The highest BCUT2D eigenvalue weighted by Gasteiger charge is 2.31. The van der Waals surface area contributed by atoms with E-state index in [0.29, 0.717) is 16.3 Å². The molecule has 3 rings (SSSR count). The van der Waals surface area contributed by atoms with Gasteiger partial charge in [-0.25, -0.2) is 0 Å². The number of halogens is 1. The number of para-hydroxylation sites is 1. The first kappa shape index (κ1) is 18.2. The van der Waals surface area contributed by atoms with Crippen LogP contribution in [0.25, 0.3) is 0 Å². The summed E-state index contributed by atoms with van der Waals surface area (Å²) in [5.41, 5.74) is 1.55. The second-order valence-corrected chi connectivity index (χ2v) is 6.34. The van der Waals surface area contributed by atoms with E-state index in [0.717, 1.165) is 5.56 Å². The maximum Gasteiger partial charge on any atom is 0.205 e. The van der Waals surface area contributed by atoms with Crippen LogP contribution >= 0.6 is 11.6 Å². The lowest BCUT2D eigenvalue weighted by molar-refractivity contribution is 0.0724. The Morgan fingerprint density at radius 2 is 1.46 bits per heavy atom. The summed E-state index contributed by atoms with van der Waals surface area (Å²) >= 11 is 6.01. The van der Waals surface area contributed by atoms with Gasteiger partial charge in [-0.05, 0) is 36.9 Å². The van der Waals surface area contributed by atoms with Gasteiger partial charge in [0.2, 0.25) is 5.78 Å². The Morgan fingerprint density at radius 3 is 2.04 bits per heavy atom. The highest BCUT2D eigenvalue weighted by Crippen LogP contribution is 2.26. The number of likely N-dealkylation sites (N-methyl/N-ethyl adjacent to an activating group) is 1. The molecule has 0 aliphatic rings. The van der Waals surface area contributed by atoms with E-state index >= 15 is 0 Å². The summed E-state index contributed by atoms with van der Waals surface area (Å²) < 4.78 is 6.12. The van der Waals surface area contributed by atoms with Crippen molar-refractivity contribution in [3.05, 3.63) is 101 Å². The zero-order chi connectivity index (χ0) is 18.4. The molecule has 1 N–H and O–H groups in total. The summed E-state index contributed by atoms with van der Waals surface area (Å²) in [6.07, 6.45) is -0.717. The van der Waals surface area contributed by atoms with Gasteiger partial charge in [-0.15, -0.1) is 0 Å². The molecule has 0 aromatic heterocycles. The molecule has 3 aromatic rings. The van der Waals surface area contributed by atoms with Crippen LogP contribution in [0.1, 0.15) is 22.0 Å². The standard InChI is InChI=1S/C22H20ClNO2/c1-24-20(16-12-14-18(23)15-13-16)22(26-19-10-6-3-7-11-19)21(25)17-8-4-2-5-9-17/h2-15,20,22,24H,1H3. The van der Waals surface area contributed by atoms with E-state index in [4.69, 9.17) is 16.3 Å². The molecule has 0 fully saturated rings. The van der Waals surface area contributed by atoms with Gasteiger partial charge in [0.15, 0.2) is 6.10 Å². The minimum Gasteiger partial charge on any atom is -0.480 e. The zero-order valence-electron chi connectivity index (χ0n) is 14.4. The van der Waals surface area contributed by atoms with Crippen LogP contribution < -0.4 is 10.1 Å². The van der Waals surface area contributed by atoms with E-state index in [-0.39, 0.29) is 11.8 Å². The van der Waals surface area contributed by atoms with Gasteiger partial charge in [0.1, 0.15) is 5.75 Å². The van der Waals surface area contributed by atoms with E-state index in [2.05, 4.69) is 5.32 Å². The molecule has 4 heteroatoms. The molecule has 0 saturated carbocycles. The lowest BCUT2D eigenvalue weighted by Crippen LogP contribution is -2.40. The summed E-state index contributed by atoms with van der Waals surface area (Å²) in [6, 6.07) is 25.7. The van der Waals surface area contributed by atoms with Crippen LogP contribution in [0.5, 0.6) is 5.75 Å². The van der Waals surface area contributed by atoms with Crippen LogP contribution in [0, 0.1) is 0 Å². The Bertz CT molecular complexity index is 835. The van der Waals surface area contributed by atoms with Gasteiger partial charge < -0.3 is 10.1 Å². The lowest BCUT2D eigenvalue weighted by Gasteiger charge is -2.27. The number of hydrogen-bond donors (Lipinski definition) is 1. The van der Waals surface area contributed by atoms with Crippen molar-refractivity contribution in [1.29, 1.82) is 0 Å². The first-order valence-electron chi connectivity index (χ1n) is 8.43. The smallest absolute Gasteiger partial charge is 0.205 e. The number of ketones is 1. The average Bonchev–Trinajstić information content (AvgIpc) is 2.70. The van der Waals surface area contributed by atoms with Gasteiger partial charge in [-0.2, -0.15) is 0 Å². The molecule has 26 heavy (non-hydrogen) atoms. The van der Waals surface area contributed by atoms with Gasteiger partial charge >= 0.3 is 0 Å². The van der Waals surface area contributed by atoms with Gasteiger partial charge in [0.05, 0.1) is 6.04 Å². The third-order valence-corrected chi connectivity index (χ3v) is 4.42. The fourth-order valence-corrected chi connectivity index (χ4v) is 2.97. The molecule has 3 aromatic carbocycles. The summed E-state index contributed by atoms with van der Waals surface area (Å²) in [5, 5.41) is 3.87. The van der Waals surface area contributed by atoms with Crippen molar-refractivity contribution in [1.82, 2.24) is 5.32 Å². The molecule has 0 bridgehead atoms. The number of rotatable bonds is 7. The van der Waals surface area contributed by atoms with Gasteiger partial charge in [0.25, 0.3) is 0 Å². The van der Waals surface area contributed by atoms with Crippen LogP contribution in [0.15, 0.2) is 84.9 Å². The molecule has 2 unspecified atom stereocenters. The molecule has 0 radical (unpaired) electrons. The van der Waals surface area contributed by atoms with E-state index in [1.54, 1.807) is 12.1 Å². The third-order valence-electron chi connectivity index (χ3n) is 4.17. The second kappa shape index (κ2) is 8.65. The Morgan fingerprint density at radius 1 is 0.885 bits per heavy atom. The second-order valence-electron chi connectivity index (χ2n) is 5.90. The predicted molar refractivity (Wildman–Crippen MR) is 105 cm³/mol. The van der Waals surface area contributed by atoms with Crippen LogP contribution in [0.4, 0.5) is 0 Å². The molecule has 2 atom stereocenters. The maximum absolute atomic E-state index is 13.2. The topological polar surface area (TPSA) is 38.3 Å². The maximum atomic E-state index is 13.2. The van der Waals surface area contributed by atoms with Crippen LogP contribution in [0.3, 0.4) is 0 Å². The van der Waals surface area contributed by atoms with Gasteiger partial charge in [-0.3, -0.25) is 4.79 Å². The number of nitrogens with one attached hydrogen (secondary N) is 1. The quantitative estimate of drug-likeness (QED) is 0.603. The first-order chi connectivity index (χ1) is 12.7. The SMILES string of the molecule is CNC(c1ccc(Cl)cc1)C(Oc1ccccc1)C(=O)c1ccccc1. The van der Waals surface area contributed by atoms with Crippen molar-refractivity contribution < 1.29 is 9.53 Å². The fourth-order valence-electron chi connectivity index (χ4n) is 2.85. The minimum absolute atomic E-state index is 0.0799. The van der Waals surface area contributed by atoms with E-state index < -0.39 is 6.10 Å². The van der Waals surface area contributed by atoms with Crippen LogP contribution in [0.2, 0.25) is 5.02 Å². The van der Waals surface area contributed by atoms with Gasteiger partial charge in [0, 0.05) is 10.6 Å². The predicted octanol–water partition coefficient (Wildman–Crippen LogP) is 4.93. The average molecular weight is 366 g/mol. The Labute approximate surface area is 158 Å². The molecule has 0 saturated heterocycles. The van der Waals surface area contributed by atoms with Crippen LogP contribution in [-0.2, 0) is 0 Å². The van der Waals surface area contributed by atoms with Crippen molar-refractivity contribution in [2.75, 3.05) is 7.05 Å². The van der Waals surface area contributed by atoms with E-state index in [9.17, 15) is 4.79 Å². The highest BCUT2D eigenvalue weighted by molar-refractivity contribution is 6.30. The number of Topliss-reactive ketones (excluding diaryl/α,β-unsaturated/α-hetero) is 1. The fraction of sp³-hybridized carbons (Fsp3) is 0.136. The van der Waals surface area contributed by atoms with Crippen molar-refractivity contribution in [3.63, 3.8) is 0 Å². The Kier molecular flexibility index (Phi) is 6.05. The number of carbonyl (C=O) groups is 1. The molecule has 0 amide bonds. The summed E-state index contributed by atoms with van der Waals surface area (Å²) in [5.74, 6) is 0.569. The first-order valence-corrected chi connectivity index (χ1v) is 8.80. The van der Waals surface area contributed by atoms with E-state index in [1.165, 1.54) is 0 Å². The van der Waals surface area contributed by atoms with Crippen LogP contribution in [-0.4, -0.2) is 18.9 Å². The summed E-state index contributed by atoms with van der Waals surface area (Å²) in [7, 11) is 1.82. The summed E-state index contributed by atoms with van der Waals surface area (Å²) in [6.45, 7) is 0. The Balaban J connectivity index is 1.97. The monoisotopic (exact) mass is 365 g/mol. The molecule has 3 nitrogen and oxygen atoms in total. The largest absolute Gasteiger partial charge is 0.480 e.